The first kappa shape index (κ1) is 16.9. The van der Waals surface area contributed by atoms with Crippen molar-refractivity contribution in [1.82, 2.24) is 9.97 Å². The summed E-state index contributed by atoms with van der Waals surface area (Å²) in [4.78, 5) is 20.5. The summed E-state index contributed by atoms with van der Waals surface area (Å²) in [6.45, 7) is 7.25. The maximum Gasteiger partial charge on any atom is 0.258 e. The summed E-state index contributed by atoms with van der Waals surface area (Å²) in [5.41, 5.74) is 2.46. The van der Waals surface area contributed by atoms with E-state index < -0.39 is 0 Å². The van der Waals surface area contributed by atoms with Crippen molar-refractivity contribution in [2.75, 3.05) is 17.2 Å². The minimum absolute atomic E-state index is 0.206. The van der Waals surface area contributed by atoms with E-state index in [0.29, 0.717) is 17.4 Å². The Balaban J connectivity index is 1.94. The van der Waals surface area contributed by atoms with Crippen molar-refractivity contribution in [1.29, 1.82) is 0 Å². The number of hydrogen-bond donors (Lipinski definition) is 2. The molecular weight excluding hydrogens is 288 g/mol. The van der Waals surface area contributed by atoms with Crippen LogP contribution in [0.15, 0.2) is 36.7 Å². The Morgan fingerprint density at radius 1 is 1.13 bits per heavy atom. The predicted octanol–water partition coefficient (Wildman–Crippen LogP) is 4.06. The van der Waals surface area contributed by atoms with Gasteiger partial charge in [0.1, 0.15) is 0 Å². The van der Waals surface area contributed by atoms with E-state index in [4.69, 9.17) is 0 Å². The summed E-state index contributed by atoms with van der Waals surface area (Å²) in [6, 6.07) is 7.87. The largest absolute Gasteiger partial charge is 0.354 e. The smallest absolute Gasteiger partial charge is 0.258 e. The van der Waals surface area contributed by atoms with Gasteiger partial charge in [0.25, 0.3) is 5.91 Å². The molecule has 0 aliphatic rings. The molecule has 0 fully saturated rings. The Kier molecular flexibility index (Phi) is 6.09. The number of rotatable bonds is 7. The van der Waals surface area contributed by atoms with Crippen molar-refractivity contribution in [3.8, 4) is 0 Å². The Morgan fingerprint density at radius 2 is 1.78 bits per heavy atom. The van der Waals surface area contributed by atoms with E-state index in [-0.39, 0.29) is 5.91 Å². The molecule has 0 saturated heterocycles. The second-order valence-corrected chi connectivity index (χ2v) is 5.81. The third-order valence-corrected chi connectivity index (χ3v) is 3.56. The molecular formula is C18H24N4O. The number of nitrogens with one attached hydrogen (secondary N) is 2. The molecule has 2 N–H and O–H groups in total. The van der Waals surface area contributed by atoms with Gasteiger partial charge in [0.2, 0.25) is 5.95 Å². The van der Waals surface area contributed by atoms with Gasteiger partial charge in [-0.05, 0) is 30.0 Å². The first-order valence-corrected chi connectivity index (χ1v) is 8.07. The van der Waals surface area contributed by atoms with E-state index in [1.807, 2.05) is 24.3 Å². The fourth-order valence-electron chi connectivity index (χ4n) is 2.07. The number of benzene rings is 1. The molecule has 5 heteroatoms. The van der Waals surface area contributed by atoms with Gasteiger partial charge in [0, 0.05) is 24.6 Å². The monoisotopic (exact) mass is 312 g/mol. The average molecular weight is 312 g/mol. The fourth-order valence-corrected chi connectivity index (χ4v) is 2.07. The molecule has 2 aromatic rings. The van der Waals surface area contributed by atoms with Crippen LogP contribution in [0.2, 0.25) is 0 Å². The lowest BCUT2D eigenvalue weighted by Crippen LogP contribution is -2.13. The summed E-state index contributed by atoms with van der Waals surface area (Å²) < 4.78 is 0. The zero-order valence-corrected chi connectivity index (χ0v) is 14.0. The normalized spacial score (nSPS) is 10.6. The van der Waals surface area contributed by atoms with Gasteiger partial charge in [0.15, 0.2) is 0 Å². The zero-order valence-electron chi connectivity index (χ0n) is 14.0. The second-order valence-electron chi connectivity index (χ2n) is 5.81. The molecule has 0 atom stereocenters. The SMILES string of the molecule is CCCCNc1ncc(C(=O)Nc2ccc(C(C)C)cc2)cn1. The molecule has 0 spiro atoms. The molecule has 0 radical (unpaired) electrons. The molecule has 5 nitrogen and oxygen atoms in total. The van der Waals surface area contributed by atoms with Gasteiger partial charge < -0.3 is 10.6 Å². The van der Waals surface area contributed by atoms with Crippen LogP contribution in [0.1, 0.15) is 55.5 Å². The number of nitrogens with zero attached hydrogens (tertiary/aromatic N) is 2. The van der Waals surface area contributed by atoms with Crippen LogP contribution in [-0.4, -0.2) is 22.4 Å². The molecule has 122 valence electrons. The Hall–Kier alpha value is -2.43. The van der Waals surface area contributed by atoms with Crippen LogP contribution in [-0.2, 0) is 0 Å². The lowest BCUT2D eigenvalue weighted by Gasteiger charge is -2.09. The van der Waals surface area contributed by atoms with Crippen molar-refractivity contribution in [2.24, 2.45) is 0 Å². The number of carbonyl (C=O) groups is 1. The zero-order chi connectivity index (χ0) is 16.7. The standard InChI is InChI=1S/C18H24N4O/c1-4-5-10-19-18-20-11-15(12-21-18)17(23)22-16-8-6-14(7-9-16)13(2)3/h6-9,11-13H,4-5,10H2,1-3H3,(H,22,23)(H,19,20,21). The first-order valence-electron chi connectivity index (χ1n) is 8.07. The Morgan fingerprint density at radius 3 is 2.35 bits per heavy atom. The van der Waals surface area contributed by atoms with Crippen LogP contribution in [0, 0.1) is 0 Å². The topological polar surface area (TPSA) is 66.9 Å². The van der Waals surface area contributed by atoms with Gasteiger partial charge in [-0.3, -0.25) is 4.79 Å². The molecule has 2 rings (SSSR count). The lowest BCUT2D eigenvalue weighted by atomic mass is 10.0. The van der Waals surface area contributed by atoms with E-state index in [2.05, 4.69) is 41.4 Å². The fraction of sp³-hybridized carbons (Fsp3) is 0.389. The molecule has 0 aliphatic heterocycles. The van der Waals surface area contributed by atoms with Crippen molar-refractivity contribution >= 4 is 17.5 Å². The highest BCUT2D eigenvalue weighted by atomic mass is 16.1. The molecule has 0 unspecified atom stereocenters. The number of hydrogen-bond acceptors (Lipinski definition) is 4. The minimum Gasteiger partial charge on any atom is -0.354 e. The highest BCUT2D eigenvalue weighted by Crippen LogP contribution is 2.17. The molecule has 1 heterocycles. The third-order valence-electron chi connectivity index (χ3n) is 3.56. The Labute approximate surface area is 137 Å². The van der Waals surface area contributed by atoms with Crippen LogP contribution in [0.5, 0.6) is 0 Å². The van der Waals surface area contributed by atoms with Crippen molar-refractivity contribution in [2.45, 2.75) is 39.5 Å². The molecule has 1 aromatic carbocycles. The highest BCUT2D eigenvalue weighted by molar-refractivity contribution is 6.03. The van der Waals surface area contributed by atoms with Crippen molar-refractivity contribution < 1.29 is 4.79 Å². The van der Waals surface area contributed by atoms with Gasteiger partial charge in [-0.15, -0.1) is 0 Å². The number of anilines is 2. The number of carbonyl (C=O) groups excluding carboxylic acids is 1. The van der Waals surface area contributed by atoms with Gasteiger partial charge in [-0.1, -0.05) is 39.3 Å². The van der Waals surface area contributed by atoms with E-state index in [1.165, 1.54) is 5.56 Å². The summed E-state index contributed by atoms with van der Waals surface area (Å²) >= 11 is 0. The first-order chi connectivity index (χ1) is 11.1. The molecule has 0 aliphatic carbocycles. The quantitative estimate of drug-likeness (QED) is 0.756. The summed E-state index contributed by atoms with van der Waals surface area (Å²) in [5, 5.41) is 5.98. The number of aromatic nitrogens is 2. The van der Waals surface area contributed by atoms with Crippen LogP contribution >= 0.6 is 0 Å². The Bertz CT molecular complexity index is 620. The van der Waals surface area contributed by atoms with E-state index in [0.717, 1.165) is 25.1 Å². The molecule has 1 amide bonds. The van der Waals surface area contributed by atoms with E-state index in [1.54, 1.807) is 12.4 Å². The molecule has 23 heavy (non-hydrogen) atoms. The van der Waals surface area contributed by atoms with E-state index in [9.17, 15) is 4.79 Å². The summed E-state index contributed by atoms with van der Waals surface area (Å²) in [5.74, 6) is 0.819. The predicted molar refractivity (Wildman–Crippen MR) is 93.9 cm³/mol. The maximum atomic E-state index is 12.2. The van der Waals surface area contributed by atoms with Crippen LogP contribution in [0.3, 0.4) is 0 Å². The third kappa shape index (κ3) is 5.06. The minimum atomic E-state index is -0.206. The molecule has 1 aromatic heterocycles. The van der Waals surface area contributed by atoms with Crippen molar-refractivity contribution in [3.05, 3.63) is 47.8 Å². The summed E-state index contributed by atoms with van der Waals surface area (Å²) in [7, 11) is 0. The van der Waals surface area contributed by atoms with Gasteiger partial charge in [-0.2, -0.15) is 0 Å². The lowest BCUT2D eigenvalue weighted by molar-refractivity contribution is 0.102. The number of amides is 1. The van der Waals surface area contributed by atoms with Crippen LogP contribution in [0.25, 0.3) is 0 Å². The van der Waals surface area contributed by atoms with Crippen molar-refractivity contribution in [3.63, 3.8) is 0 Å². The van der Waals surface area contributed by atoms with Gasteiger partial charge >= 0.3 is 0 Å². The maximum absolute atomic E-state index is 12.2. The average Bonchev–Trinajstić information content (AvgIpc) is 2.56. The summed E-state index contributed by atoms with van der Waals surface area (Å²) in [6.07, 6.45) is 5.26. The van der Waals surface area contributed by atoms with Gasteiger partial charge in [0.05, 0.1) is 5.56 Å². The highest BCUT2D eigenvalue weighted by Gasteiger charge is 2.08. The molecule has 0 saturated carbocycles. The molecule has 0 bridgehead atoms. The van der Waals surface area contributed by atoms with Crippen LogP contribution in [0.4, 0.5) is 11.6 Å². The van der Waals surface area contributed by atoms with E-state index >= 15 is 0 Å². The van der Waals surface area contributed by atoms with Gasteiger partial charge in [-0.25, -0.2) is 9.97 Å². The second kappa shape index (κ2) is 8.27. The van der Waals surface area contributed by atoms with Crippen LogP contribution < -0.4 is 10.6 Å². The number of unbranched alkanes of at least 4 members (excludes halogenated alkanes) is 1.